The maximum atomic E-state index is 9.43. The number of likely N-dealkylation sites (N-methyl/N-ethyl adjacent to an activating group) is 1. The Balaban J connectivity index is 3.30. The Kier molecular flexibility index (Phi) is 4.11. The van der Waals surface area contributed by atoms with Crippen molar-refractivity contribution in [2.24, 2.45) is 5.73 Å². The minimum absolute atomic E-state index is 0.0716. The number of hydrogen-bond donors (Lipinski definition) is 2. The summed E-state index contributed by atoms with van der Waals surface area (Å²) in [6, 6.07) is 2.03. The Labute approximate surface area is 103 Å². The van der Waals surface area contributed by atoms with E-state index in [4.69, 9.17) is 5.73 Å². The molecule has 0 radical (unpaired) electrons. The molecule has 0 aliphatic rings. The molecule has 0 spiro atoms. The lowest BCUT2D eigenvalue weighted by molar-refractivity contribution is 0.215. The smallest absolute Gasteiger partial charge is 0.133 e. The Morgan fingerprint density at radius 3 is 2.47 bits per heavy atom. The number of aliphatic hydroxyl groups is 1. The fraction of sp³-hybridized carbons (Fsp3) is 0.615. The fourth-order valence-corrected chi connectivity index (χ4v) is 1.77. The Morgan fingerprint density at radius 1 is 1.41 bits per heavy atom. The zero-order valence-corrected chi connectivity index (χ0v) is 11.4. The highest BCUT2D eigenvalue weighted by atomic mass is 16.3. The fourth-order valence-electron chi connectivity index (χ4n) is 1.77. The van der Waals surface area contributed by atoms with Crippen molar-refractivity contribution in [2.45, 2.75) is 39.8 Å². The van der Waals surface area contributed by atoms with E-state index < -0.39 is 0 Å². The summed E-state index contributed by atoms with van der Waals surface area (Å²) in [7, 11) is 1.94. The second-order valence-corrected chi connectivity index (χ2v) is 5.12. The summed E-state index contributed by atoms with van der Waals surface area (Å²) in [6.07, 6.45) is 0. The Morgan fingerprint density at radius 2 is 2.00 bits per heavy atom. The van der Waals surface area contributed by atoms with Gasteiger partial charge in [-0.15, -0.1) is 0 Å². The summed E-state index contributed by atoms with van der Waals surface area (Å²) in [4.78, 5) is 6.55. The molecular formula is C13H23N3O. The van der Waals surface area contributed by atoms with Crippen LogP contribution < -0.4 is 10.6 Å². The lowest BCUT2D eigenvalue weighted by atomic mass is 10.0. The van der Waals surface area contributed by atoms with Gasteiger partial charge in [0.15, 0.2) is 0 Å². The molecule has 0 aliphatic heterocycles. The molecule has 4 heteroatoms. The first-order chi connectivity index (χ1) is 7.83. The van der Waals surface area contributed by atoms with Crippen molar-refractivity contribution < 1.29 is 5.11 Å². The standard InChI is InChI=1S/C13H23N3O/c1-9-6-10(2)15-12(11(9)7-14)16(5)13(3,4)8-17/h6,17H,7-8,14H2,1-5H3. The molecule has 4 nitrogen and oxygen atoms in total. The average Bonchev–Trinajstić information content (AvgIpc) is 2.27. The van der Waals surface area contributed by atoms with Gasteiger partial charge in [-0.2, -0.15) is 0 Å². The largest absolute Gasteiger partial charge is 0.394 e. The first-order valence-electron chi connectivity index (χ1n) is 5.85. The topological polar surface area (TPSA) is 62.4 Å². The molecule has 0 saturated carbocycles. The number of aromatic nitrogens is 1. The lowest BCUT2D eigenvalue weighted by Crippen LogP contribution is -2.45. The highest BCUT2D eigenvalue weighted by molar-refractivity contribution is 5.52. The van der Waals surface area contributed by atoms with Crippen LogP contribution in [0.1, 0.15) is 30.7 Å². The molecule has 0 atom stereocenters. The summed E-state index contributed by atoms with van der Waals surface area (Å²) < 4.78 is 0. The third-order valence-electron chi connectivity index (χ3n) is 3.27. The van der Waals surface area contributed by atoms with E-state index >= 15 is 0 Å². The monoisotopic (exact) mass is 237 g/mol. The number of hydrogen-bond acceptors (Lipinski definition) is 4. The maximum absolute atomic E-state index is 9.43. The summed E-state index contributed by atoms with van der Waals surface area (Å²) in [5, 5.41) is 9.43. The third kappa shape index (κ3) is 2.76. The van der Waals surface area contributed by atoms with Gasteiger partial charge in [0.2, 0.25) is 0 Å². The second kappa shape index (κ2) is 5.02. The van der Waals surface area contributed by atoms with E-state index in [-0.39, 0.29) is 12.1 Å². The van der Waals surface area contributed by atoms with E-state index in [2.05, 4.69) is 4.98 Å². The first kappa shape index (κ1) is 13.9. The number of pyridine rings is 1. The quantitative estimate of drug-likeness (QED) is 0.830. The van der Waals surface area contributed by atoms with Gasteiger partial charge in [-0.1, -0.05) is 0 Å². The van der Waals surface area contributed by atoms with Gasteiger partial charge in [-0.05, 0) is 39.3 Å². The van der Waals surface area contributed by atoms with Crippen LogP contribution in [0.15, 0.2) is 6.07 Å². The SMILES string of the molecule is Cc1cc(C)c(CN)c(N(C)C(C)(C)CO)n1. The molecule has 0 saturated heterocycles. The summed E-state index contributed by atoms with van der Waals surface area (Å²) in [6.45, 7) is 8.50. The highest BCUT2D eigenvalue weighted by Gasteiger charge is 2.26. The van der Waals surface area contributed by atoms with Crippen molar-refractivity contribution in [3.63, 3.8) is 0 Å². The number of aliphatic hydroxyl groups excluding tert-OH is 1. The van der Waals surface area contributed by atoms with Gasteiger partial charge in [0.1, 0.15) is 5.82 Å². The molecule has 1 heterocycles. The van der Waals surface area contributed by atoms with Gasteiger partial charge in [-0.25, -0.2) is 4.98 Å². The van der Waals surface area contributed by atoms with Gasteiger partial charge >= 0.3 is 0 Å². The minimum Gasteiger partial charge on any atom is -0.394 e. The van der Waals surface area contributed by atoms with Crippen LogP contribution in [0.2, 0.25) is 0 Å². The molecule has 1 rings (SSSR count). The molecule has 3 N–H and O–H groups in total. The van der Waals surface area contributed by atoms with E-state index in [0.717, 1.165) is 22.6 Å². The number of nitrogens with zero attached hydrogens (tertiary/aromatic N) is 2. The predicted octanol–water partition coefficient (Wildman–Crippen LogP) is 1.36. The number of aryl methyl sites for hydroxylation is 2. The summed E-state index contributed by atoms with van der Waals surface area (Å²) in [5.41, 5.74) is 8.60. The van der Waals surface area contributed by atoms with Crippen molar-refractivity contribution in [1.82, 2.24) is 4.98 Å². The van der Waals surface area contributed by atoms with Crippen molar-refractivity contribution >= 4 is 5.82 Å². The first-order valence-corrected chi connectivity index (χ1v) is 5.85. The van der Waals surface area contributed by atoms with E-state index in [9.17, 15) is 5.11 Å². The maximum Gasteiger partial charge on any atom is 0.133 e. The van der Waals surface area contributed by atoms with E-state index in [0.29, 0.717) is 6.54 Å². The lowest BCUT2D eigenvalue weighted by Gasteiger charge is -2.36. The minimum atomic E-state index is -0.350. The van der Waals surface area contributed by atoms with Crippen LogP contribution in [-0.4, -0.2) is 29.3 Å². The molecule has 0 bridgehead atoms. The highest BCUT2D eigenvalue weighted by Crippen LogP contribution is 2.26. The van der Waals surface area contributed by atoms with E-state index in [1.807, 2.05) is 45.7 Å². The van der Waals surface area contributed by atoms with Crippen LogP contribution in [0.5, 0.6) is 0 Å². The van der Waals surface area contributed by atoms with Gasteiger partial charge in [0, 0.05) is 24.8 Å². The van der Waals surface area contributed by atoms with Gasteiger partial charge in [0.05, 0.1) is 12.1 Å². The van der Waals surface area contributed by atoms with E-state index in [1.54, 1.807) is 0 Å². The molecule has 1 aromatic rings. The molecule has 0 aromatic carbocycles. The molecule has 0 fully saturated rings. The predicted molar refractivity (Wildman–Crippen MR) is 71.2 cm³/mol. The molecule has 96 valence electrons. The molecule has 0 unspecified atom stereocenters. The van der Waals surface area contributed by atoms with Gasteiger partial charge in [0.25, 0.3) is 0 Å². The van der Waals surface area contributed by atoms with Crippen molar-refractivity contribution in [2.75, 3.05) is 18.6 Å². The molecule has 17 heavy (non-hydrogen) atoms. The van der Waals surface area contributed by atoms with Crippen LogP contribution in [-0.2, 0) is 6.54 Å². The van der Waals surface area contributed by atoms with Crippen molar-refractivity contribution in [3.05, 3.63) is 22.9 Å². The number of nitrogens with two attached hydrogens (primary N) is 1. The zero-order chi connectivity index (χ0) is 13.2. The van der Waals surface area contributed by atoms with Crippen LogP contribution in [0.25, 0.3) is 0 Å². The summed E-state index contributed by atoms with van der Waals surface area (Å²) >= 11 is 0. The van der Waals surface area contributed by atoms with Gasteiger partial charge in [-0.3, -0.25) is 0 Å². The van der Waals surface area contributed by atoms with Crippen LogP contribution in [0.4, 0.5) is 5.82 Å². The Bertz CT molecular complexity index is 402. The van der Waals surface area contributed by atoms with Crippen LogP contribution in [0, 0.1) is 13.8 Å². The normalized spacial score (nSPS) is 11.7. The van der Waals surface area contributed by atoms with Crippen molar-refractivity contribution in [3.8, 4) is 0 Å². The van der Waals surface area contributed by atoms with Gasteiger partial charge < -0.3 is 15.7 Å². The second-order valence-electron chi connectivity index (χ2n) is 5.12. The molecule has 0 aliphatic carbocycles. The Hall–Kier alpha value is -1.13. The van der Waals surface area contributed by atoms with E-state index in [1.165, 1.54) is 0 Å². The number of anilines is 1. The molecular weight excluding hydrogens is 214 g/mol. The average molecular weight is 237 g/mol. The number of rotatable bonds is 4. The molecule has 1 aromatic heterocycles. The third-order valence-corrected chi connectivity index (χ3v) is 3.27. The summed E-state index contributed by atoms with van der Waals surface area (Å²) in [5.74, 6) is 0.865. The van der Waals surface area contributed by atoms with Crippen molar-refractivity contribution in [1.29, 1.82) is 0 Å². The van der Waals surface area contributed by atoms with Crippen LogP contribution >= 0.6 is 0 Å². The van der Waals surface area contributed by atoms with Crippen LogP contribution in [0.3, 0.4) is 0 Å². The molecule has 0 amide bonds. The zero-order valence-electron chi connectivity index (χ0n) is 11.4.